The molecule has 19 heavy (non-hydrogen) atoms. The Kier molecular flexibility index (Phi) is 3.88. The van der Waals surface area contributed by atoms with Crippen molar-refractivity contribution < 1.29 is 0 Å². The summed E-state index contributed by atoms with van der Waals surface area (Å²) >= 11 is 0. The van der Waals surface area contributed by atoms with Crippen LogP contribution in [0.25, 0.3) is 0 Å². The molecule has 1 aromatic heterocycles. The standard InChI is InChI=1S/C17H26N2/c1-3-18-16(17-12(2)5-4-8-19-17)11-15-10-13-6-7-14(15)9-13/h4-5,8,13-16,18H,3,6-7,9-11H2,1-2H3. The van der Waals surface area contributed by atoms with E-state index in [1.165, 1.54) is 43.4 Å². The third-order valence-electron chi connectivity index (χ3n) is 5.25. The van der Waals surface area contributed by atoms with Crippen molar-refractivity contribution >= 4 is 0 Å². The molecule has 4 atom stereocenters. The van der Waals surface area contributed by atoms with Gasteiger partial charge in [-0.15, -0.1) is 0 Å². The van der Waals surface area contributed by atoms with Gasteiger partial charge in [0.2, 0.25) is 0 Å². The summed E-state index contributed by atoms with van der Waals surface area (Å²) < 4.78 is 0. The number of pyridine rings is 1. The van der Waals surface area contributed by atoms with E-state index in [1.54, 1.807) is 0 Å². The summed E-state index contributed by atoms with van der Waals surface area (Å²) in [6.45, 7) is 5.42. The number of hydrogen-bond donors (Lipinski definition) is 1. The fourth-order valence-corrected chi connectivity index (χ4v) is 4.37. The van der Waals surface area contributed by atoms with Crippen molar-refractivity contribution in [1.29, 1.82) is 0 Å². The molecular formula is C17H26N2. The molecule has 3 rings (SSSR count). The van der Waals surface area contributed by atoms with Gasteiger partial charge in [0.05, 0.1) is 11.7 Å². The zero-order chi connectivity index (χ0) is 13.2. The number of hydrogen-bond acceptors (Lipinski definition) is 2. The zero-order valence-corrected chi connectivity index (χ0v) is 12.2. The Morgan fingerprint density at radius 3 is 2.89 bits per heavy atom. The second kappa shape index (κ2) is 5.62. The van der Waals surface area contributed by atoms with Gasteiger partial charge in [0.1, 0.15) is 0 Å². The average Bonchev–Trinajstić information content (AvgIpc) is 3.01. The second-order valence-corrected chi connectivity index (χ2v) is 6.49. The van der Waals surface area contributed by atoms with Crippen LogP contribution in [-0.2, 0) is 0 Å². The summed E-state index contributed by atoms with van der Waals surface area (Å²) in [6, 6.07) is 4.68. The minimum absolute atomic E-state index is 0.454. The lowest BCUT2D eigenvalue weighted by atomic mass is 9.83. The van der Waals surface area contributed by atoms with Crippen LogP contribution >= 0.6 is 0 Å². The molecule has 2 aliphatic carbocycles. The maximum absolute atomic E-state index is 4.64. The molecule has 0 aliphatic heterocycles. The van der Waals surface area contributed by atoms with Crippen LogP contribution in [0.4, 0.5) is 0 Å². The lowest BCUT2D eigenvalue weighted by Gasteiger charge is -2.27. The highest BCUT2D eigenvalue weighted by atomic mass is 14.9. The largest absolute Gasteiger partial charge is 0.309 e. The van der Waals surface area contributed by atoms with E-state index in [-0.39, 0.29) is 0 Å². The van der Waals surface area contributed by atoms with Gasteiger partial charge in [-0.3, -0.25) is 4.98 Å². The van der Waals surface area contributed by atoms with Gasteiger partial charge in [-0.1, -0.05) is 19.4 Å². The monoisotopic (exact) mass is 258 g/mol. The lowest BCUT2D eigenvalue weighted by Crippen LogP contribution is -2.26. The molecular weight excluding hydrogens is 232 g/mol. The van der Waals surface area contributed by atoms with E-state index in [0.717, 1.165) is 24.3 Å². The van der Waals surface area contributed by atoms with E-state index < -0.39 is 0 Å². The highest BCUT2D eigenvalue weighted by molar-refractivity contribution is 5.21. The molecule has 0 amide bonds. The Morgan fingerprint density at radius 1 is 1.37 bits per heavy atom. The molecule has 0 spiro atoms. The fourth-order valence-electron chi connectivity index (χ4n) is 4.37. The molecule has 4 unspecified atom stereocenters. The number of aryl methyl sites for hydroxylation is 1. The first-order valence-electron chi connectivity index (χ1n) is 7.92. The highest BCUT2D eigenvalue weighted by Crippen LogP contribution is 2.50. The van der Waals surface area contributed by atoms with Crippen molar-refractivity contribution in [2.75, 3.05) is 6.54 Å². The highest BCUT2D eigenvalue weighted by Gasteiger charge is 2.40. The topological polar surface area (TPSA) is 24.9 Å². The minimum Gasteiger partial charge on any atom is -0.309 e. The van der Waals surface area contributed by atoms with Gasteiger partial charge in [0.15, 0.2) is 0 Å². The Hall–Kier alpha value is -0.890. The normalized spacial score (nSPS) is 30.7. The summed E-state index contributed by atoms with van der Waals surface area (Å²) in [6.07, 6.45) is 9.18. The third kappa shape index (κ3) is 2.69. The van der Waals surface area contributed by atoms with Crippen LogP contribution in [0, 0.1) is 24.7 Å². The lowest BCUT2D eigenvalue weighted by molar-refractivity contribution is 0.278. The molecule has 2 bridgehead atoms. The van der Waals surface area contributed by atoms with Gasteiger partial charge in [-0.05, 0) is 68.5 Å². The van der Waals surface area contributed by atoms with Crippen molar-refractivity contribution in [3.05, 3.63) is 29.6 Å². The molecule has 0 radical (unpaired) electrons. The molecule has 1 aromatic rings. The Morgan fingerprint density at radius 2 is 2.26 bits per heavy atom. The number of aromatic nitrogens is 1. The van der Waals surface area contributed by atoms with E-state index in [4.69, 9.17) is 0 Å². The van der Waals surface area contributed by atoms with Crippen LogP contribution in [-0.4, -0.2) is 11.5 Å². The van der Waals surface area contributed by atoms with E-state index in [1.807, 2.05) is 12.3 Å². The van der Waals surface area contributed by atoms with Crippen molar-refractivity contribution in [3.8, 4) is 0 Å². The van der Waals surface area contributed by atoms with Crippen molar-refractivity contribution in [2.24, 2.45) is 17.8 Å². The summed E-state index contributed by atoms with van der Waals surface area (Å²) in [5, 5.41) is 3.66. The molecule has 0 aromatic carbocycles. The first-order chi connectivity index (χ1) is 9.28. The van der Waals surface area contributed by atoms with Gasteiger partial charge in [0.25, 0.3) is 0 Å². The second-order valence-electron chi connectivity index (χ2n) is 6.49. The van der Waals surface area contributed by atoms with Crippen molar-refractivity contribution in [2.45, 2.75) is 52.0 Å². The number of nitrogens with zero attached hydrogens (tertiary/aromatic N) is 1. The van der Waals surface area contributed by atoms with Crippen LogP contribution < -0.4 is 5.32 Å². The number of nitrogens with one attached hydrogen (secondary N) is 1. The summed E-state index contributed by atoms with van der Waals surface area (Å²) in [7, 11) is 0. The van der Waals surface area contributed by atoms with Gasteiger partial charge in [-0.2, -0.15) is 0 Å². The molecule has 0 saturated heterocycles. The molecule has 2 aliphatic rings. The summed E-state index contributed by atoms with van der Waals surface area (Å²) in [4.78, 5) is 4.64. The smallest absolute Gasteiger partial charge is 0.0602 e. The Labute approximate surface area is 117 Å². The summed E-state index contributed by atoms with van der Waals surface area (Å²) in [5.41, 5.74) is 2.60. The molecule has 1 heterocycles. The zero-order valence-electron chi connectivity index (χ0n) is 12.2. The van der Waals surface area contributed by atoms with Gasteiger partial charge < -0.3 is 5.32 Å². The predicted molar refractivity (Wildman–Crippen MR) is 78.9 cm³/mol. The van der Waals surface area contributed by atoms with Crippen molar-refractivity contribution in [3.63, 3.8) is 0 Å². The maximum Gasteiger partial charge on any atom is 0.0602 e. The third-order valence-corrected chi connectivity index (χ3v) is 5.25. The number of rotatable bonds is 5. The molecule has 104 valence electrons. The minimum atomic E-state index is 0.454. The van der Waals surface area contributed by atoms with Crippen molar-refractivity contribution in [1.82, 2.24) is 10.3 Å². The van der Waals surface area contributed by atoms with E-state index in [2.05, 4.69) is 30.2 Å². The van der Waals surface area contributed by atoms with Gasteiger partial charge in [-0.25, -0.2) is 0 Å². The molecule has 2 fully saturated rings. The summed E-state index contributed by atoms with van der Waals surface area (Å²) in [5.74, 6) is 2.99. The Balaban J connectivity index is 1.73. The van der Waals surface area contributed by atoms with E-state index in [0.29, 0.717) is 6.04 Å². The van der Waals surface area contributed by atoms with E-state index in [9.17, 15) is 0 Å². The first kappa shape index (κ1) is 13.1. The molecule has 2 nitrogen and oxygen atoms in total. The SMILES string of the molecule is CCNC(CC1CC2CCC1C2)c1ncccc1C. The van der Waals surface area contributed by atoms with Crippen LogP contribution in [0.15, 0.2) is 18.3 Å². The van der Waals surface area contributed by atoms with Crippen LogP contribution in [0.5, 0.6) is 0 Å². The van der Waals surface area contributed by atoms with Gasteiger partial charge >= 0.3 is 0 Å². The molecule has 2 heteroatoms. The molecule has 2 saturated carbocycles. The number of fused-ring (bicyclic) bond motifs is 2. The first-order valence-corrected chi connectivity index (χ1v) is 7.92. The fraction of sp³-hybridized carbons (Fsp3) is 0.706. The maximum atomic E-state index is 4.64. The Bertz CT molecular complexity index is 429. The van der Waals surface area contributed by atoms with Crippen LogP contribution in [0.1, 0.15) is 56.3 Å². The van der Waals surface area contributed by atoms with Crippen LogP contribution in [0.3, 0.4) is 0 Å². The predicted octanol–water partition coefficient (Wildman–Crippen LogP) is 3.87. The van der Waals surface area contributed by atoms with Crippen LogP contribution in [0.2, 0.25) is 0 Å². The molecule has 1 N–H and O–H groups in total. The van der Waals surface area contributed by atoms with E-state index >= 15 is 0 Å². The van der Waals surface area contributed by atoms with Gasteiger partial charge in [0, 0.05) is 6.20 Å². The quantitative estimate of drug-likeness (QED) is 0.867. The average molecular weight is 258 g/mol.